The molecular weight excluding hydrogens is 609 g/mol. The predicted molar refractivity (Wildman–Crippen MR) is 210 cm³/mol. The Morgan fingerprint density at radius 2 is 0.760 bits per heavy atom. The van der Waals surface area contributed by atoms with Crippen molar-refractivity contribution in [3.63, 3.8) is 0 Å². The van der Waals surface area contributed by atoms with Crippen LogP contribution in [0.4, 0.5) is 0 Å². The zero-order valence-electron chi connectivity index (χ0n) is 27.0. The topological polar surface area (TPSA) is 26.3 Å². The third-order valence-corrected chi connectivity index (χ3v) is 10.4. The van der Waals surface area contributed by atoms with Gasteiger partial charge < -0.3 is 8.83 Å². The Morgan fingerprint density at radius 3 is 1.48 bits per heavy atom. The van der Waals surface area contributed by atoms with E-state index >= 15 is 0 Å². The Bertz CT molecular complexity index is 3080. The van der Waals surface area contributed by atoms with E-state index in [-0.39, 0.29) is 0 Å². The first-order chi connectivity index (χ1) is 24.8. The molecule has 0 unspecified atom stereocenters. The SMILES string of the molecule is c1ccc(-c2c3ccccc3c(-c3cccc(-c4cc5oc6cc7c(cc6c5c5ccccc45)oc4ccccc47)c3)c3ccccc23)cc1. The van der Waals surface area contributed by atoms with Crippen LogP contribution in [0.1, 0.15) is 0 Å². The minimum absolute atomic E-state index is 0.867. The molecule has 11 aromatic rings. The molecule has 50 heavy (non-hydrogen) atoms. The summed E-state index contributed by atoms with van der Waals surface area (Å²) in [6.07, 6.45) is 0. The third kappa shape index (κ3) is 3.90. The van der Waals surface area contributed by atoms with E-state index in [2.05, 4.69) is 158 Å². The van der Waals surface area contributed by atoms with E-state index in [0.717, 1.165) is 55.0 Å². The van der Waals surface area contributed by atoms with E-state index in [1.807, 2.05) is 12.1 Å². The molecule has 2 aromatic heterocycles. The maximum absolute atomic E-state index is 6.69. The van der Waals surface area contributed by atoms with Gasteiger partial charge in [0.05, 0.1) is 0 Å². The summed E-state index contributed by atoms with van der Waals surface area (Å²) in [4.78, 5) is 0. The highest BCUT2D eigenvalue weighted by molar-refractivity contribution is 6.25. The molecule has 232 valence electrons. The Kier molecular flexibility index (Phi) is 5.70. The molecule has 0 atom stereocenters. The molecule has 0 saturated heterocycles. The normalized spacial score (nSPS) is 12.0. The number of para-hydroxylation sites is 1. The summed E-state index contributed by atoms with van der Waals surface area (Å²) in [6, 6.07) is 60.9. The first-order valence-electron chi connectivity index (χ1n) is 17.1. The lowest BCUT2D eigenvalue weighted by atomic mass is 9.85. The fourth-order valence-corrected chi connectivity index (χ4v) is 8.29. The van der Waals surface area contributed by atoms with E-state index in [0.29, 0.717) is 0 Å². The fraction of sp³-hybridized carbons (Fsp3) is 0. The molecule has 0 N–H and O–H groups in total. The van der Waals surface area contributed by atoms with E-state index in [4.69, 9.17) is 8.83 Å². The van der Waals surface area contributed by atoms with Crippen LogP contribution >= 0.6 is 0 Å². The number of hydrogen-bond donors (Lipinski definition) is 0. The Balaban J connectivity index is 1.16. The number of fused-ring (bicyclic) bond motifs is 10. The lowest BCUT2D eigenvalue weighted by Crippen LogP contribution is -1.91. The van der Waals surface area contributed by atoms with E-state index in [1.54, 1.807) is 0 Å². The predicted octanol–water partition coefficient (Wildman–Crippen LogP) is 13.9. The fourth-order valence-electron chi connectivity index (χ4n) is 8.29. The van der Waals surface area contributed by atoms with E-state index in [9.17, 15) is 0 Å². The van der Waals surface area contributed by atoms with Crippen molar-refractivity contribution in [2.45, 2.75) is 0 Å². The summed E-state index contributed by atoms with van der Waals surface area (Å²) < 4.78 is 13.0. The van der Waals surface area contributed by atoms with Crippen molar-refractivity contribution < 1.29 is 8.83 Å². The van der Waals surface area contributed by atoms with E-state index < -0.39 is 0 Å². The maximum Gasteiger partial charge on any atom is 0.136 e. The second kappa shape index (κ2) is 10.4. The molecule has 2 heterocycles. The van der Waals surface area contributed by atoms with Crippen LogP contribution in [0.2, 0.25) is 0 Å². The van der Waals surface area contributed by atoms with Crippen LogP contribution in [-0.4, -0.2) is 0 Å². The smallest absolute Gasteiger partial charge is 0.136 e. The van der Waals surface area contributed by atoms with Crippen LogP contribution < -0.4 is 0 Å². The highest BCUT2D eigenvalue weighted by Crippen LogP contribution is 2.46. The molecule has 0 spiro atoms. The van der Waals surface area contributed by atoms with Gasteiger partial charge in [-0.05, 0) is 96.0 Å². The van der Waals surface area contributed by atoms with Crippen LogP contribution in [0.15, 0.2) is 179 Å². The Morgan fingerprint density at radius 1 is 0.260 bits per heavy atom. The van der Waals surface area contributed by atoms with Crippen LogP contribution in [0.5, 0.6) is 0 Å². The first kappa shape index (κ1) is 27.3. The highest BCUT2D eigenvalue weighted by Gasteiger charge is 2.20. The van der Waals surface area contributed by atoms with Gasteiger partial charge in [0.2, 0.25) is 0 Å². The van der Waals surface area contributed by atoms with Gasteiger partial charge in [-0.1, -0.05) is 140 Å². The van der Waals surface area contributed by atoms with Crippen molar-refractivity contribution in [2.24, 2.45) is 0 Å². The molecule has 0 aliphatic heterocycles. The molecule has 2 nitrogen and oxygen atoms in total. The molecule has 0 saturated carbocycles. The maximum atomic E-state index is 6.69. The highest BCUT2D eigenvalue weighted by atomic mass is 16.3. The minimum atomic E-state index is 0.867. The van der Waals surface area contributed by atoms with E-state index in [1.165, 1.54) is 54.6 Å². The number of rotatable bonds is 3. The Hall–Kier alpha value is -6.64. The van der Waals surface area contributed by atoms with Crippen molar-refractivity contribution in [1.82, 2.24) is 0 Å². The zero-order valence-corrected chi connectivity index (χ0v) is 27.0. The summed E-state index contributed by atoms with van der Waals surface area (Å²) in [5.41, 5.74) is 10.8. The third-order valence-electron chi connectivity index (χ3n) is 10.4. The Labute approximate surface area is 287 Å². The van der Waals surface area contributed by atoms with Crippen molar-refractivity contribution in [3.05, 3.63) is 170 Å². The molecule has 2 heteroatoms. The molecular formula is C48H28O2. The summed E-state index contributed by atoms with van der Waals surface area (Å²) in [7, 11) is 0. The van der Waals surface area contributed by atoms with Gasteiger partial charge in [0.15, 0.2) is 0 Å². The van der Waals surface area contributed by atoms with Crippen LogP contribution in [0.3, 0.4) is 0 Å². The molecule has 0 amide bonds. The quantitative estimate of drug-likeness (QED) is 0.180. The molecule has 0 radical (unpaired) electrons. The van der Waals surface area contributed by atoms with Gasteiger partial charge in [-0.3, -0.25) is 0 Å². The van der Waals surface area contributed by atoms with Gasteiger partial charge in [0, 0.05) is 21.5 Å². The summed E-state index contributed by atoms with van der Waals surface area (Å²) in [5.74, 6) is 0. The van der Waals surface area contributed by atoms with Crippen molar-refractivity contribution >= 4 is 76.2 Å². The average molecular weight is 637 g/mol. The molecule has 9 aromatic carbocycles. The van der Waals surface area contributed by atoms with Crippen molar-refractivity contribution in [3.8, 4) is 33.4 Å². The minimum Gasteiger partial charge on any atom is -0.456 e. The van der Waals surface area contributed by atoms with Crippen LogP contribution in [0, 0.1) is 0 Å². The molecule has 0 bridgehead atoms. The monoisotopic (exact) mass is 636 g/mol. The van der Waals surface area contributed by atoms with Crippen LogP contribution in [0.25, 0.3) is 110 Å². The summed E-state index contributed by atoms with van der Waals surface area (Å²) >= 11 is 0. The lowest BCUT2D eigenvalue weighted by molar-refractivity contribution is 0.664. The van der Waals surface area contributed by atoms with Gasteiger partial charge in [0.1, 0.15) is 22.3 Å². The largest absolute Gasteiger partial charge is 0.456 e. The second-order valence-electron chi connectivity index (χ2n) is 13.2. The number of benzene rings is 9. The number of furan rings is 2. The molecule has 11 rings (SSSR count). The summed E-state index contributed by atoms with van der Waals surface area (Å²) in [6.45, 7) is 0. The first-order valence-corrected chi connectivity index (χ1v) is 17.1. The van der Waals surface area contributed by atoms with Gasteiger partial charge in [-0.15, -0.1) is 0 Å². The van der Waals surface area contributed by atoms with Gasteiger partial charge in [-0.25, -0.2) is 0 Å². The summed E-state index contributed by atoms with van der Waals surface area (Å²) in [5, 5.41) is 11.7. The van der Waals surface area contributed by atoms with Crippen molar-refractivity contribution in [2.75, 3.05) is 0 Å². The standard InChI is InChI=1S/C48H28O2/c1-2-13-29(14-3-1)46-35-20-6-8-22-37(35)47(38-23-9-7-21-36(38)46)31-16-12-15-30(25-31)39-26-45-48(34-19-5-4-17-32(34)39)41-28-43-40(27-44(41)50-45)33-18-10-11-24-42(33)49-43/h1-28H. The molecule has 0 fully saturated rings. The van der Waals surface area contributed by atoms with Gasteiger partial charge in [-0.2, -0.15) is 0 Å². The molecule has 0 aliphatic carbocycles. The van der Waals surface area contributed by atoms with Gasteiger partial charge in [0.25, 0.3) is 0 Å². The van der Waals surface area contributed by atoms with Crippen molar-refractivity contribution in [1.29, 1.82) is 0 Å². The lowest BCUT2D eigenvalue weighted by Gasteiger charge is -2.18. The van der Waals surface area contributed by atoms with Gasteiger partial charge >= 0.3 is 0 Å². The average Bonchev–Trinajstić information content (AvgIpc) is 3.73. The molecule has 0 aliphatic rings. The second-order valence-corrected chi connectivity index (χ2v) is 13.2. The number of hydrogen-bond acceptors (Lipinski definition) is 2. The van der Waals surface area contributed by atoms with Crippen LogP contribution in [-0.2, 0) is 0 Å². The zero-order chi connectivity index (χ0) is 32.8.